The van der Waals surface area contributed by atoms with Crippen molar-refractivity contribution in [3.8, 4) is 0 Å². The summed E-state index contributed by atoms with van der Waals surface area (Å²) in [6.45, 7) is 4.49. The summed E-state index contributed by atoms with van der Waals surface area (Å²) in [7, 11) is 0. The predicted octanol–water partition coefficient (Wildman–Crippen LogP) is 3.75. The van der Waals surface area contributed by atoms with E-state index >= 15 is 0 Å². The highest BCUT2D eigenvalue weighted by molar-refractivity contribution is 5.04. The molecule has 0 aromatic carbocycles. The van der Waals surface area contributed by atoms with Crippen molar-refractivity contribution in [2.45, 2.75) is 76.9 Å². The molecular weight excluding hydrogens is 234 g/mol. The van der Waals surface area contributed by atoms with Gasteiger partial charge in [-0.15, -0.1) is 0 Å². The molecule has 3 aliphatic rings. The Hall–Kier alpha value is -0.0800. The Labute approximate surface area is 118 Å². The Kier molecular flexibility index (Phi) is 4.81. The minimum atomic E-state index is 0.576. The van der Waals surface area contributed by atoms with Crippen LogP contribution < -0.4 is 5.32 Å². The molecule has 0 spiro atoms. The summed E-state index contributed by atoms with van der Waals surface area (Å²) in [4.78, 5) is 0. The molecule has 0 amide bonds. The lowest BCUT2D eigenvalue weighted by molar-refractivity contribution is 0.0984. The average Bonchev–Trinajstić information content (AvgIpc) is 2.92. The molecule has 3 fully saturated rings. The van der Waals surface area contributed by atoms with Crippen LogP contribution in [0.15, 0.2) is 0 Å². The van der Waals surface area contributed by atoms with E-state index in [2.05, 4.69) is 12.2 Å². The lowest BCUT2D eigenvalue weighted by atomic mass is 10.00. The van der Waals surface area contributed by atoms with Crippen LogP contribution in [0.1, 0.15) is 64.7 Å². The van der Waals surface area contributed by atoms with Gasteiger partial charge in [0.1, 0.15) is 0 Å². The largest absolute Gasteiger partial charge is 0.378 e. The molecule has 1 saturated heterocycles. The van der Waals surface area contributed by atoms with E-state index in [-0.39, 0.29) is 0 Å². The van der Waals surface area contributed by atoms with Crippen LogP contribution in [0.5, 0.6) is 0 Å². The van der Waals surface area contributed by atoms with E-state index in [1.165, 1.54) is 64.3 Å². The summed E-state index contributed by atoms with van der Waals surface area (Å²) in [5.74, 6) is 3.16. The van der Waals surface area contributed by atoms with Gasteiger partial charge in [-0.25, -0.2) is 0 Å². The van der Waals surface area contributed by atoms with E-state index in [0.29, 0.717) is 6.10 Å². The molecule has 110 valence electrons. The molecule has 1 aliphatic heterocycles. The third kappa shape index (κ3) is 3.33. The van der Waals surface area contributed by atoms with Crippen LogP contribution in [-0.4, -0.2) is 25.3 Å². The first-order valence-corrected chi connectivity index (χ1v) is 8.75. The fourth-order valence-electron chi connectivity index (χ4n) is 4.64. The first-order chi connectivity index (χ1) is 9.40. The maximum Gasteiger partial charge on any atom is 0.0576 e. The van der Waals surface area contributed by atoms with Gasteiger partial charge >= 0.3 is 0 Å². The summed E-state index contributed by atoms with van der Waals surface area (Å²) < 4.78 is 5.80. The monoisotopic (exact) mass is 265 g/mol. The molecule has 4 atom stereocenters. The number of fused-ring (bicyclic) bond motifs is 1. The Bertz CT molecular complexity index is 262. The predicted molar refractivity (Wildman–Crippen MR) is 79.2 cm³/mol. The maximum absolute atomic E-state index is 5.80. The molecule has 0 bridgehead atoms. The number of rotatable bonds is 7. The molecule has 2 heteroatoms. The van der Waals surface area contributed by atoms with Gasteiger partial charge in [0.15, 0.2) is 0 Å². The van der Waals surface area contributed by atoms with Crippen LogP contribution in [0.2, 0.25) is 0 Å². The highest BCUT2D eigenvalue weighted by atomic mass is 16.5. The second-order valence-corrected chi connectivity index (χ2v) is 6.96. The number of ether oxygens (including phenoxy) is 1. The van der Waals surface area contributed by atoms with Crippen molar-refractivity contribution < 1.29 is 4.74 Å². The number of hydrogen-bond acceptors (Lipinski definition) is 2. The zero-order chi connectivity index (χ0) is 13.1. The third-order valence-corrected chi connectivity index (χ3v) is 5.67. The van der Waals surface area contributed by atoms with Crippen LogP contribution in [-0.2, 0) is 4.74 Å². The molecule has 3 rings (SSSR count). The van der Waals surface area contributed by atoms with E-state index in [1.54, 1.807) is 0 Å². The van der Waals surface area contributed by atoms with Crippen molar-refractivity contribution in [1.82, 2.24) is 5.32 Å². The Morgan fingerprint density at radius 1 is 1.11 bits per heavy atom. The van der Waals surface area contributed by atoms with E-state index in [1.807, 2.05) is 0 Å². The molecule has 1 N–H and O–H groups in total. The zero-order valence-electron chi connectivity index (χ0n) is 12.6. The lowest BCUT2D eigenvalue weighted by Crippen LogP contribution is -2.33. The summed E-state index contributed by atoms with van der Waals surface area (Å²) in [5.41, 5.74) is 0. The highest BCUT2D eigenvalue weighted by Gasteiger charge is 2.53. The van der Waals surface area contributed by atoms with Crippen LogP contribution in [0, 0.1) is 17.8 Å². The highest BCUT2D eigenvalue weighted by Crippen LogP contribution is 2.57. The minimum absolute atomic E-state index is 0.576. The third-order valence-electron chi connectivity index (χ3n) is 5.67. The molecule has 2 saturated carbocycles. The van der Waals surface area contributed by atoms with Crippen LogP contribution in [0.25, 0.3) is 0 Å². The van der Waals surface area contributed by atoms with Gasteiger partial charge in [0.2, 0.25) is 0 Å². The lowest BCUT2D eigenvalue weighted by Gasteiger charge is -2.21. The zero-order valence-corrected chi connectivity index (χ0v) is 12.6. The standard InChI is InChI=1S/C17H31NO/c1-2-11-18-16(10-9-13-6-5-12-19-13)17-14-7-3-4-8-15(14)17/h13-18H,2-12H2,1H3. The minimum Gasteiger partial charge on any atom is -0.378 e. The maximum atomic E-state index is 5.80. The quantitative estimate of drug-likeness (QED) is 0.757. The first-order valence-electron chi connectivity index (χ1n) is 8.75. The van der Waals surface area contributed by atoms with Crippen molar-refractivity contribution in [2.24, 2.45) is 17.8 Å². The molecule has 4 unspecified atom stereocenters. The smallest absolute Gasteiger partial charge is 0.0576 e. The topological polar surface area (TPSA) is 21.3 Å². The summed E-state index contributed by atoms with van der Waals surface area (Å²) in [6.07, 6.45) is 13.1. The van der Waals surface area contributed by atoms with Gasteiger partial charge < -0.3 is 10.1 Å². The molecule has 0 aromatic rings. The summed E-state index contributed by atoms with van der Waals surface area (Å²) >= 11 is 0. The van der Waals surface area contributed by atoms with E-state index in [9.17, 15) is 0 Å². The molecule has 1 heterocycles. The number of hydrogen-bond donors (Lipinski definition) is 1. The van der Waals surface area contributed by atoms with Gasteiger partial charge in [-0.05, 0) is 69.2 Å². The molecule has 2 aliphatic carbocycles. The normalized spacial score (nSPS) is 39.0. The van der Waals surface area contributed by atoms with E-state index < -0.39 is 0 Å². The average molecular weight is 265 g/mol. The fourth-order valence-corrected chi connectivity index (χ4v) is 4.64. The summed E-state index contributed by atoms with van der Waals surface area (Å²) in [6, 6.07) is 0.789. The molecule has 2 nitrogen and oxygen atoms in total. The van der Waals surface area contributed by atoms with Gasteiger partial charge in [-0.2, -0.15) is 0 Å². The second-order valence-electron chi connectivity index (χ2n) is 6.96. The van der Waals surface area contributed by atoms with Gasteiger partial charge in [-0.3, -0.25) is 0 Å². The van der Waals surface area contributed by atoms with Crippen molar-refractivity contribution in [3.63, 3.8) is 0 Å². The molecule has 19 heavy (non-hydrogen) atoms. The molecular formula is C17H31NO. The summed E-state index contributed by atoms with van der Waals surface area (Å²) in [5, 5.41) is 3.86. The van der Waals surface area contributed by atoms with E-state index in [0.717, 1.165) is 30.4 Å². The molecule has 0 radical (unpaired) electrons. The van der Waals surface area contributed by atoms with Crippen LogP contribution in [0.3, 0.4) is 0 Å². The van der Waals surface area contributed by atoms with Crippen molar-refractivity contribution in [3.05, 3.63) is 0 Å². The fraction of sp³-hybridized carbons (Fsp3) is 1.00. The Morgan fingerprint density at radius 3 is 2.53 bits per heavy atom. The van der Waals surface area contributed by atoms with Crippen molar-refractivity contribution in [1.29, 1.82) is 0 Å². The second kappa shape index (κ2) is 6.58. The van der Waals surface area contributed by atoms with Gasteiger partial charge in [0.05, 0.1) is 6.10 Å². The SMILES string of the molecule is CCCNC(CCC1CCCO1)C1C2CCCCC21. The Morgan fingerprint density at radius 2 is 1.89 bits per heavy atom. The van der Waals surface area contributed by atoms with Gasteiger partial charge in [0, 0.05) is 12.6 Å². The van der Waals surface area contributed by atoms with Gasteiger partial charge in [0.25, 0.3) is 0 Å². The van der Waals surface area contributed by atoms with Crippen molar-refractivity contribution >= 4 is 0 Å². The van der Waals surface area contributed by atoms with E-state index in [4.69, 9.17) is 4.74 Å². The molecule has 0 aromatic heterocycles. The first kappa shape index (κ1) is 13.9. The van der Waals surface area contributed by atoms with Gasteiger partial charge in [-0.1, -0.05) is 19.8 Å². The van der Waals surface area contributed by atoms with Crippen LogP contribution in [0.4, 0.5) is 0 Å². The number of nitrogens with one attached hydrogen (secondary N) is 1. The Balaban J connectivity index is 1.48. The van der Waals surface area contributed by atoms with Crippen molar-refractivity contribution in [2.75, 3.05) is 13.2 Å². The van der Waals surface area contributed by atoms with Crippen LogP contribution >= 0.6 is 0 Å².